The summed E-state index contributed by atoms with van der Waals surface area (Å²) in [6.45, 7) is -0.184. The average Bonchev–Trinajstić information content (AvgIpc) is 3.16. The van der Waals surface area contributed by atoms with Crippen molar-refractivity contribution in [1.29, 1.82) is 0 Å². The minimum absolute atomic E-state index is 0.0257. The smallest absolute Gasteiger partial charge is 0.294 e. The predicted molar refractivity (Wildman–Crippen MR) is 114 cm³/mol. The molecule has 0 fully saturated rings. The van der Waals surface area contributed by atoms with Gasteiger partial charge >= 0.3 is 0 Å². The number of Topliss-reactive ketones (excluding diaryl/α,β-unsaturated/α-hetero) is 1. The van der Waals surface area contributed by atoms with Gasteiger partial charge in [-0.05, 0) is 48.9 Å². The highest BCUT2D eigenvalue weighted by Gasteiger charge is 2.17. The van der Waals surface area contributed by atoms with Gasteiger partial charge in [-0.25, -0.2) is 13.1 Å². The molecule has 0 aliphatic rings. The number of hydrogen-bond donors (Lipinski definition) is 0. The molecule has 11 heteroatoms. The third kappa shape index (κ3) is 5.68. The Balaban J connectivity index is 1.95. The van der Waals surface area contributed by atoms with E-state index in [-0.39, 0.29) is 35.8 Å². The third-order valence-electron chi connectivity index (χ3n) is 4.39. The highest BCUT2D eigenvalue weighted by molar-refractivity contribution is 7.90. The number of ketones is 1. The van der Waals surface area contributed by atoms with Gasteiger partial charge in [-0.15, -0.1) is 10.1 Å². The van der Waals surface area contributed by atoms with Crippen molar-refractivity contribution in [3.05, 3.63) is 75.4 Å². The summed E-state index contributed by atoms with van der Waals surface area (Å²) in [5.74, 6) is -0.298. The third-order valence-corrected chi connectivity index (χ3v) is 5.77. The molecule has 9 nitrogen and oxygen atoms in total. The maximum atomic E-state index is 12.6. The number of carbonyl (C=O) groups is 1. The zero-order chi connectivity index (χ0) is 22.6. The number of carbonyl (C=O) groups excluding carboxylic acids is 1. The fraction of sp³-hybridized carbons (Fsp3) is 0.200. The van der Waals surface area contributed by atoms with E-state index in [1.54, 1.807) is 47.1 Å². The van der Waals surface area contributed by atoms with Crippen molar-refractivity contribution in [1.82, 2.24) is 9.78 Å². The Hall–Kier alpha value is -3.24. The van der Waals surface area contributed by atoms with Crippen LogP contribution in [0.4, 0.5) is 0 Å². The van der Waals surface area contributed by atoms with E-state index in [0.717, 1.165) is 6.26 Å². The Labute approximate surface area is 183 Å². The Morgan fingerprint density at radius 3 is 2.39 bits per heavy atom. The molecule has 1 aromatic heterocycles. The summed E-state index contributed by atoms with van der Waals surface area (Å²) in [4.78, 5) is 27.2. The molecule has 0 aliphatic heterocycles. The standard InChI is InChI=1S/C20H18ClN3O6S/c1-31(28,29)17-10-4-14(5-11-17)19-13-18(20(25)3-2-12-30-24(26)27)22-23(19)16-8-6-15(21)7-9-16/h4-11,13H,2-3,12H2,1H3. The topological polar surface area (TPSA) is 121 Å². The summed E-state index contributed by atoms with van der Waals surface area (Å²) in [6.07, 6.45) is 1.32. The van der Waals surface area contributed by atoms with E-state index >= 15 is 0 Å². The molecular formula is C20H18ClN3O6S. The summed E-state index contributed by atoms with van der Waals surface area (Å²) in [5.41, 5.74) is 2.07. The van der Waals surface area contributed by atoms with Crippen molar-refractivity contribution in [2.24, 2.45) is 0 Å². The fourth-order valence-electron chi connectivity index (χ4n) is 2.87. The van der Waals surface area contributed by atoms with Crippen molar-refractivity contribution in [2.45, 2.75) is 17.7 Å². The van der Waals surface area contributed by atoms with Crippen LogP contribution in [-0.4, -0.2) is 41.9 Å². The van der Waals surface area contributed by atoms with Crippen molar-refractivity contribution < 1.29 is 23.1 Å². The lowest BCUT2D eigenvalue weighted by Gasteiger charge is -2.08. The second-order valence-corrected chi connectivity index (χ2v) is 9.14. The van der Waals surface area contributed by atoms with Crippen LogP contribution in [0.3, 0.4) is 0 Å². The molecule has 0 saturated carbocycles. The molecule has 0 N–H and O–H groups in total. The summed E-state index contributed by atoms with van der Waals surface area (Å²) >= 11 is 5.96. The molecule has 0 bridgehead atoms. The molecule has 0 amide bonds. The number of sulfone groups is 1. The molecule has 3 aromatic rings. The van der Waals surface area contributed by atoms with Gasteiger partial charge in [-0.1, -0.05) is 23.7 Å². The van der Waals surface area contributed by atoms with Crippen LogP contribution in [0.25, 0.3) is 16.9 Å². The van der Waals surface area contributed by atoms with Crippen LogP contribution in [0.1, 0.15) is 23.3 Å². The molecular weight excluding hydrogens is 446 g/mol. The van der Waals surface area contributed by atoms with Crippen LogP contribution < -0.4 is 0 Å². The van der Waals surface area contributed by atoms with E-state index in [9.17, 15) is 23.3 Å². The summed E-state index contributed by atoms with van der Waals surface area (Å²) < 4.78 is 25.0. The molecule has 0 aliphatic carbocycles. The first-order chi connectivity index (χ1) is 14.6. The normalized spacial score (nSPS) is 11.3. The Bertz CT molecular complexity index is 1200. The monoisotopic (exact) mass is 463 g/mol. The SMILES string of the molecule is CS(=O)(=O)c1ccc(-c2cc(C(=O)CCCO[N+](=O)[O-])nn2-c2ccc(Cl)cc2)cc1. The number of aromatic nitrogens is 2. The number of halogens is 1. The Morgan fingerprint density at radius 1 is 1.16 bits per heavy atom. The van der Waals surface area contributed by atoms with Gasteiger partial charge in [0.25, 0.3) is 5.09 Å². The van der Waals surface area contributed by atoms with E-state index in [4.69, 9.17) is 11.6 Å². The van der Waals surface area contributed by atoms with Crippen LogP contribution in [0.15, 0.2) is 59.5 Å². The lowest BCUT2D eigenvalue weighted by Crippen LogP contribution is -2.07. The number of benzene rings is 2. The van der Waals surface area contributed by atoms with Gasteiger partial charge in [0.1, 0.15) is 5.69 Å². The molecule has 1 heterocycles. The summed E-state index contributed by atoms with van der Waals surface area (Å²) in [6, 6.07) is 14.7. The molecule has 162 valence electrons. The van der Waals surface area contributed by atoms with Crippen molar-refractivity contribution in [3.8, 4) is 16.9 Å². The second kappa shape index (κ2) is 9.27. The molecule has 0 radical (unpaired) electrons. The molecule has 3 rings (SSSR count). The van der Waals surface area contributed by atoms with Crippen LogP contribution in [0.2, 0.25) is 5.02 Å². The quantitative estimate of drug-likeness (QED) is 0.205. The van der Waals surface area contributed by atoms with Gasteiger partial charge in [0.2, 0.25) is 0 Å². The highest BCUT2D eigenvalue weighted by Crippen LogP contribution is 2.27. The minimum atomic E-state index is -3.35. The van der Waals surface area contributed by atoms with Crippen LogP contribution >= 0.6 is 11.6 Å². The molecule has 2 aromatic carbocycles. The summed E-state index contributed by atoms with van der Waals surface area (Å²) in [5, 5.41) is 14.3. The number of nitrogens with zero attached hydrogens (tertiary/aromatic N) is 3. The van der Waals surface area contributed by atoms with E-state index in [1.807, 2.05) is 0 Å². The molecule has 31 heavy (non-hydrogen) atoms. The first kappa shape index (κ1) is 22.4. The number of hydrogen-bond acceptors (Lipinski definition) is 7. The van der Waals surface area contributed by atoms with Gasteiger partial charge < -0.3 is 4.84 Å². The first-order valence-electron chi connectivity index (χ1n) is 9.12. The zero-order valence-electron chi connectivity index (χ0n) is 16.4. The number of rotatable bonds is 9. The van der Waals surface area contributed by atoms with E-state index in [2.05, 4.69) is 9.94 Å². The van der Waals surface area contributed by atoms with Crippen LogP contribution in [-0.2, 0) is 14.7 Å². The van der Waals surface area contributed by atoms with Crippen LogP contribution in [0, 0.1) is 10.1 Å². The van der Waals surface area contributed by atoms with Gasteiger partial charge in [-0.3, -0.25) is 4.79 Å². The lowest BCUT2D eigenvalue weighted by atomic mass is 10.1. The van der Waals surface area contributed by atoms with Gasteiger partial charge in [0.05, 0.1) is 22.9 Å². The van der Waals surface area contributed by atoms with Crippen molar-refractivity contribution >= 4 is 27.2 Å². The molecule has 0 unspecified atom stereocenters. The van der Waals surface area contributed by atoms with E-state index in [1.165, 1.54) is 12.1 Å². The van der Waals surface area contributed by atoms with Gasteiger partial charge in [0.15, 0.2) is 15.6 Å². The maximum Gasteiger partial charge on any atom is 0.294 e. The lowest BCUT2D eigenvalue weighted by molar-refractivity contribution is -0.757. The van der Waals surface area contributed by atoms with Crippen molar-refractivity contribution in [3.63, 3.8) is 0 Å². The molecule has 0 atom stereocenters. The Morgan fingerprint density at radius 2 is 1.81 bits per heavy atom. The second-order valence-electron chi connectivity index (χ2n) is 6.68. The largest absolute Gasteiger partial charge is 0.314 e. The van der Waals surface area contributed by atoms with E-state index in [0.29, 0.717) is 22.0 Å². The van der Waals surface area contributed by atoms with Gasteiger partial charge in [-0.2, -0.15) is 5.10 Å². The zero-order valence-corrected chi connectivity index (χ0v) is 18.0. The molecule has 0 spiro atoms. The van der Waals surface area contributed by atoms with Gasteiger partial charge in [0, 0.05) is 23.3 Å². The Kier molecular flexibility index (Phi) is 6.71. The van der Waals surface area contributed by atoms with Crippen molar-refractivity contribution in [2.75, 3.05) is 12.9 Å². The summed E-state index contributed by atoms with van der Waals surface area (Å²) in [7, 11) is -3.35. The first-order valence-corrected chi connectivity index (χ1v) is 11.4. The molecule has 0 saturated heterocycles. The van der Waals surface area contributed by atoms with E-state index < -0.39 is 14.9 Å². The predicted octanol–water partition coefficient (Wildman–Crippen LogP) is 3.77. The maximum absolute atomic E-state index is 12.6. The van der Waals surface area contributed by atoms with Crippen LogP contribution in [0.5, 0.6) is 0 Å². The highest BCUT2D eigenvalue weighted by atomic mass is 35.5. The minimum Gasteiger partial charge on any atom is -0.314 e. The average molecular weight is 464 g/mol. The fourth-order valence-corrected chi connectivity index (χ4v) is 3.63.